The summed E-state index contributed by atoms with van der Waals surface area (Å²) in [5.41, 5.74) is 1.99. The van der Waals surface area contributed by atoms with Gasteiger partial charge in [-0.05, 0) is 43.9 Å². The van der Waals surface area contributed by atoms with Gasteiger partial charge in [-0.25, -0.2) is 4.98 Å². The Hall–Kier alpha value is -1.88. The second-order valence-electron chi connectivity index (χ2n) is 7.02. The third kappa shape index (κ3) is 2.43. The van der Waals surface area contributed by atoms with E-state index in [1.54, 1.807) is 13.0 Å². The topological polar surface area (TPSA) is 66.6 Å². The van der Waals surface area contributed by atoms with Crippen molar-refractivity contribution in [1.29, 1.82) is 0 Å². The maximum absolute atomic E-state index is 12.9. The summed E-state index contributed by atoms with van der Waals surface area (Å²) >= 11 is 0. The molecule has 5 nitrogen and oxygen atoms in total. The Morgan fingerprint density at radius 2 is 2.22 bits per heavy atom. The fraction of sp³-hybridized carbons (Fsp3) is 0.556. The van der Waals surface area contributed by atoms with E-state index in [-0.39, 0.29) is 17.4 Å². The molecule has 2 aromatic rings. The Morgan fingerprint density at radius 3 is 3.00 bits per heavy atom. The molecule has 1 aromatic heterocycles. The van der Waals surface area contributed by atoms with Crippen LogP contribution in [-0.2, 0) is 0 Å². The highest BCUT2D eigenvalue weighted by atomic mass is 16.3. The molecule has 1 aliphatic heterocycles. The Kier molecular flexibility index (Phi) is 3.41. The van der Waals surface area contributed by atoms with Crippen LogP contribution in [0.5, 0.6) is 0 Å². The van der Waals surface area contributed by atoms with Crippen LogP contribution < -0.4 is 0 Å². The highest BCUT2D eigenvalue weighted by Crippen LogP contribution is 2.45. The molecule has 2 aliphatic rings. The van der Waals surface area contributed by atoms with E-state index in [4.69, 9.17) is 4.42 Å². The molecule has 1 aliphatic carbocycles. The number of piperidine rings is 1. The van der Waals surface area contributed by atoms with E-state index in [0.717, 1.165) is 44.2 Å². The van der Waals surface area contributed by atoms with Gasteiger partial charge in [0.1, 0.15) is 5.52 Å². The van der Waals surface area contributed by atoms with E-state index in [2.05, 4.69) is 4.98 Å². The van der Waals surface area contributed by atoms with Gasteiger partial charge in [0.15, 0.2) is 11.5 Å². The SMILES string of the molecule is Cc1nc2ccc(C(=O)N3CCC[C@]4(CCC[C@H]4O)C3)cc2o1. The highest BCUT2D eigenvalue weighted by Gasteiger charge is 2.45. The van der Waals surface area contributed by atoms with E-state index in [1.165, 1.54) is 0 Å². The number of benzene rings is 1. The van der Waals surface area contributed by atoms with Crippen molar-refractivity contribution in [2.45, 2.75) is 45.1 Å². The summed E-state index contributed by atoms with van der Waals surface area (Å²) in [5, 5.41) is 10.4. The first-order valence-electron chi connectivity index (χ1n) is 8.42. The maximum Gasteiger partial charge on any atom is 0.254 e. The Balaban J connectivity index is 1.59. The molecular weight excluding hydrogens is 292 g/mol. The molecule has 1 saturated carbocycles. The van der Waals surface area contributed by atoms with Gasteiger partial charge in [-0.2, -0.15) is 0 Å². The molecule has 1 N–H and O–H groups in total. The van der Waals surface area contributed by atoms with Gasteiger partial charge in [-0.3, -0.25) is 4.79 Å². The molecule has 0 bridgehead atoms. The van der Waals surface area contributed by atoms with Crippen LogP contribution in [0.25, 0.3) is 11.1 Å². The number of aryl methyl sites for hydroxylation is 1. The second kappa shape index (κ2) is 5.34. The van der Waals surface area contributed by atoms with Crippen molar-refractivity contribution >= 4 is 17.0 Å². The number of aliphatic hydroxyl groups excluding tert-OH is 1. The molecule has 122 valence electrons. The van der Waals surface area contributed by atoms with Gasteiger partial charge in [-0.15, -0.1) is 0 Å². The van der Waals surface area contributed by atoms with Crippen LogP contribution in [0.3, 0.4) is 0 Å². The fourth-order valence-corrected chi connectivity index (χ4v) is 4.29. The minimum atomic E-state index is -0.266. The zero-order valence-electron chi connectivity index (χ0n) is 13.4. The maximum atomic E-state index is 12.9. The quantitative estimate of drug-likeness (QED) is 0.879. The molecule has 23 heavy (non-hydrogen) atoms. The van der Waals surface area contributed by atoms with E-state index >= 15 is 0 Å². The number of amides is 1. The number of hydrogen-bond donors (Lipinski definition) is 1. The fourth-order valence-electron chi connectivity index (χ4n) is 4.29. The number of nitrogens with zero attached hydrogens (tertiary/aromatic N) is 2. The van der Waals surface area contributed by atoms with E-state index in [1.807, 2.05) is 17.0 Å². The molecule has 1 amide bonds. The standard InChI is InChI=1S/C18H22N2O3/c1-12-19-14-6-5-13(10-15(14)23-12)17(22)20-9-3-8-18(11-20)7-2-4-16(18)21/h5-6,10,16,21H,2-4,7-9,11H2,1H3/t16-,18-/m1/s1. The number of hydrogen-bond acceptors (Lipinski definition) is 4. The molecule has 0 radical (unpaired) electrons. The predicted octanol–water partition coefficient (Wildman–Crippen LogP) is 2.90. The summed E-state index contributed by atoms with van der Waals surface area (Å²) in [5.74, 6) is 0.634. The van der Waals surface area contributed by atoms with Crippen LogP contribution >= 0.6 is 0 Å². The molecule has 1 aromatic carbocycles. The molecule has 2 atom stereocenters. The minimum absolute atomic E-state index is 0.0270. The monoisotopic (exact) mass is 314 g/mol. The lowest BCUT2D eigenvalue weighted by Gasteiger charge is -2.42. The summed E-state index contributed by atoms with van der Waals surface area (Å²) < 4.78 is 5.53. The molecule has 4 rings (SSSR count). The Labute approximate surface area is 135 Å². The number of aliphatic hydroxyl groups is 1. The van der Waals surface area contributed by atoms with Crippen LogP contribution in [0.15, 0.2) is 22.6 Å². The van der Waals surface area contributed by atoms with Crippen molar-refractivity contribution in [2.75, 3.05) is 13.1 Å². The average molecular weight is 314 g/mol. The molecule has 0 unspecified atom stereocenters. The first-order chi connectivity index (χ1) is 11.1. The van der Waals surface area contributed by atoms with Gasteiger partial charge in [0.05, 0.1) is 6.10 Å². The molecule has 1 spiro atoms. The third-order valence-corrected chi connectivity index (χ3v) is 5.50. The number of oxazole rings is 1. The van der Waals surface area contributed by atoms with Gasteiger partial charge in [-0.1, -0.05) is 6.42 Å². The van der Waals surface area contributed by atoms with Gasteiger partial charge >= 0.3 is 0 Å². The molecule has 2 fully saturated rings. The van der Waals surface area contributed by atoms with Gasteiger partial charge in [0, 0.05) is 31.0 Å². The van der Waals surface area contributed by atoms with Gasteiger partial charge in [0.2, 0.25) is 0 Å². The number of aromatic nitrogens is 1. The minimum Gasteiger partial charge on any atom is -0.441 e. The predicted molar refractivity (Wildman–Crippen MR) is 86.2 cm³/mol. The number of likely N-dealkylation sites (tertiary alicyclic amines) is 1. The first kappa shape index (κ1) is 14.7. The van der Waals surface area contributed by atoms with Gasteiger partial charge in [0.25, 0.3) is 5.91 Å². The van der Waals surface area contributed by atoms with Crippen LogP contribution in [0.4, 0.5) is 0 Å². The average Bonchev–Trinajstić information content (AvgIpc) is 3.08. The van der Waals surface area contributed by atoms with Crippen molar-refractivity contribution in [2.24, 2.45) is 5.41 Å². The zero-order chi connectivity index (χ0) is 16.0. The molecule has 2 heterocycles. The summed E-state index contributed by atoms with van der Waals surface area (Å²) in [6.45, 7) is 3.23. The lowest BCUT2D eigenvalue weighted by molar-refractivity contribution is -0.00535. The molecular formula is C18H22N2O3. The normalized spacial score (nSPS) is 27.9. The van der Waals surface area contributed by atoms with Crippen molar-refractivity contribution < 1.29 is 14.3 Å². The van der Waals surface area contributed by atoms with Gasteiger partial charge < -0.3 is 14.4 Å². The van der Waals surface area contributed by atoms with Crippen molar-refractivity contribution in [3.63, 3.8) is 0 Å². The first-order valence-corrected chi connectivity index (χ1v) is 8.42. The lowest BCUT2D eigenvalue weighted by Crippen LogP contribution is -2.49. The van der Waals surface area contributed by atoms with Crippen molar-refractivity contribution in [1.82, 2.24) is 9.88 Å². The summed E-state index contributed by atoms with van der Waals surface area (Å²) in [4.78, 5) is 19.1. The largest absolute Gasteiger partial charge is 0.441 e. The second-order valence-corrected chi connectivity index (χ2v) is 7.02. The Morgan fingerprint density at radius 1 is 1.39 bits per heavy atom. The zero-order valence-corrected chi connectivity index (χ0v) is 13.4. The molecule has 5 heteroatoms. The smallest absolute Gasteiger partial charge is 0.254 e. The van der Waals surface area contributed by atoms with Crippen LogP contribution in [0.1, 0.15) is 48.4 Å². The lowest BCUT2D eigenvalue weighted by atomic mass is 9.76. The van der Waals surface area contributed by atoms with Crippen LogP contribution in [0, 0.1) is 12.3 Å². The summed E-state index contributed by atoms with van der Waals surface area (Å²) in [6, 6.07) is 5.44. The number of carbonyl (C=O) groups excluding carboxylic acids is 1. The summed E-state index contributed by atoms with van der Waals surface area (Å²) in [7, 11) is 0. The van der Waals surface area contributed by atoms with Crippen molar-refractivity contribution in [3.05, 3.63) is 29.7 Å². The number of rotatable bonds is 1. The Bertz CT molecular complexity index is 754. The van der Waals surface area contributed by atoms with E-state index < -0.39 is 0 Å². The van der Waals surface area contributed by atoms with Crippen LogP contribution in [-0.4, -0.2) is 40.1 Å². The number of fused-ring (bicyclic) bond motifs is 1. The third-order valence-electron chi connectivity index (χ3n) is 5.50. The summed E-state index contributed by atoms with van der Waals surface area (Å²) in [6.07, 6.45) is 4.68. The van der Waals surface area contributed by atoms with Crippen LogP contribution in [0.2, 0.25) is 0 Å². The molecule has 1 saturated heterocycles. The van der Waals surface area contributed by atoms with Crippen molar-refractivity contribution in [3.8, 4) is 0 Å². The highest BCUT2D eigenvalue weighted by molar-refractivity contribution is 5.97. The van der Waals surface area contributed by atoms with E-state index in [0.29, 0.717) is 23.6 Å². The van der Waals surface area contributed by atoms with E-state index in [9.17, 15) is 9.90 Å². The number of carbonyl (C=O) groups is 1.